The van der Waals surface area contributed by atoms with Crippen LogP contribution < -0.4 is 4.74 Å². The van der Waals surface area contributed by atoms with Gasteiger partial charge < -0.3 is 14.2 Å². The monoisotopic (exact) mass is 307 g/mol. The van der Waals surface area contributed by atoms with Gasteiger partial charge in [-0.3, -0.25) is 0 Å². The van der Waals surface area contributed by atoms with Crippen LogP contribution in [0.1, 0.15) is 22.5 Å². The molecule has 1 aromatic heterocycles. The zero-order valence-electron chi connectivity index (χ0n) is 12.0. The first-order chi connectivity index (χ1) is 10.2. The normalized spacial score (nSPS) is 18.1. The predicted molar refractivity (Wildman–Crippen MR) is 80.7 cm³/mol. The summed E-state index contributed by atoms with van der Waals surface area (Å²) in [6.45, 7) is 1.43. The molecular formula is C15H17NO4S. The summed E-state index contributed by atoms with van der Waals surface area (Å²) in [5, 5.41) is 0.150. The maximum Gasteiger partial charge on any atom is 0.356 e. The van der Waals surface area contributed by atoms with Crippen molar-refractivity contribution in [3.8, 4) is 17.7 Å². The molecule has 2 heterocycles. The van der Waals surface area contributed by atoms with Crippen LogP contribution in [0.2, 0.25) is 0 Å². The highest BCUT2D eigenvalue weighted by molar-refractivity contribution is 8.00. The molecule has 1 aromatic rings. The van der Waals surface area contributed by atoms with Gasteiger partial charge in [0.2, 0.25) is 5.88 Å². The first kappa shape index (κ1) is 15.7. The van der Waals surface area contributed by atoms with Crippen molar-refractivity contribution >= 4 is 17.7 Å². The molecule has 21 heavy (non-hydrogen) atoms. The molecule has 0 saturated carbocycles. The standard InChI is InChI=1S/C15H17NO4S/c1-18-14-11(5-7-13(16-14)15(17)19-2)4-6-12-10-20-8-3-9-21-12/h5,7,12H,3,8-10H2,1-2H3. The first-order valence-electron chi connectivity index (χ1n) is 6.59. The summed E-state index contributed by atoms with van der Waals surface area (Å²) < 4.78 is 15.3. The number of thioether (sulfide) groups is 1. The van der Waals surface area contributed by atoms with Gasteiger partial charge in [-0.15, -0.1) is 11.8 Å². The van der Waals surface area contributed by atoms with Gasteiger partial charge in [-0.2, -0.15) is 0 Å². The van der Waals surface area contributed by atoms with Crippen LogP contribution in [0, 0.1) is 11.8 Å². The van der Waals surface area contributed by atoms with Crippen LogP contribution in [-0.4, -0.2) is 49.4 Å². The van der Waals surface area contributed by atoms with E-state index in [1.54, 1.807) is 23.9 Å². The Kier molecular flexibility index (Phi) is 5.90. The lowest BCUT2D eigenvalue weighted by Crippen LogP contribution is -2.08. The zero-order chi connectivity index (χ0) is 15.1. The Morgan fingerprint density at radius 1 is 1.48 bits per heavy atom. The van der Waals surface area contributed by atoms with Crippen molar-refractivity contribution in [3.05, 3.63) is 23.4 Å². The Morgan fingerprint density at radius 2 is 2.33 bits per heavy atom. The maximum absolute atomic E-state index is 11.4. The predicted octanol–water partition coefficient (Wildman–Crippen LogP) is 1.75. The van der Waals surface area contributed by atoms with Crippen molar-refractivity contribution in [2.24, 2.45) is 0 Å². The molecule has 0 bridgehead atoms. The highest BCUT2D eigenvalue weighted by Gasteiger charge is 2.12. The average Bonchev–Trinajstić information content (AvgIpc) is 2.80. The third-order valence-electron chi connectivity index (χ3n) is 2.84. The average molecular weight is 307 g/mol. The summed E-state index contributed by atoms with van der Waals surface area (Å²) in [4.78, 5) is 15.5. The van der Waals surface area contributed by atoms with E-state index < -0.39 is 5.97 Å². The molecule has 2 rings (SSSR count). The number of ether oxygens (including phenoxy) is 3. The van der Waals surface area contributed by atoms with Crippen LogP contribution in [-0.2, 0) is 9.47 Å². The molecule has 1 atom stereocenters. The van der Waals surface area contributed by atoms with E-state index in [9.17, 15) is 4.79 Å². The summed E-state index contributed by atoms with van der Waals surface area (Å²) in [6, 6.07) is 3.29. The number of esters is 1. The van der Waals surface area contributed by atoms with E-state index in [1.807, 2.05) is 0 Å². The molecule has 0 aromatic carbocycles. The molecule has 0 aliphatic carbocycles. The maximum atomic E-state index is 11.4. The lowest BCUT2D eigenvalue weighted by molar-refractivity contribution is 0.0593. The number of methoxy groups -OCH3 is 2. The Bertz CT molecular complexity index is 557. The lowest BCUT2D eigenvalue weighted by atomic mass is 10.2. The smallest absolute Gasteiger partial charge is 0.356 e. The van der Waals surface area contributed by atoms with Gasteiger partial charge in [0.05, 0.1) is 31.6 Å². The second-order valence-electron chi connectivity index (χ2n) is 4.30. The Morgan fingerprint density at radius 3 is 3.10 bits per heavy atom. The summed E-state index contributed by atoms with van der Waals surface area (Å²) in [5.41, 5.74) is 0.849. The number of nitrogens with zero attached hydrogens (tertiary/aromatic N) is 1. The van der Waals surface area contributed by atoms with Gasteiger partial charge >= 0.3 is 5.97 Å². The van der Waals surface area contributed by atoms with Crippen LogP contribution in [0.5, 0.6) is 5.88 Å². The molecule has 0 amide bonds. The van der Waals surface area contributed by atoms with Crippen molar-refractivity contribution in [1.82, 2.24) is 4.98 Å². The highest BCUT2D eigenvalue weighted by Crippen LogP contribution is 2.18. The van der Waals surface area contributed by atoms with E-state index in [0.29, 0.717) is 18.1 Å². The summed E-state index contributed by atoms with van der Waals surface area (Å²) in [6.07, 6.45) is 1.06. The molecule has 1 saturated heterocycles. The molecule has 1 aliphatic rings. The summed E-state index contributed by atoms with van der Waals surface area (Å²) in [7, 11) is 2.81. The van der Waals surface area contributed by atoms with Crippen molar-refractivity contribution < 1.29 is 19.0 Å². The van der Waals surface area contributed by atoms with E-state index in [4.69, 9.17) is 9.47 Å². The van der Waals surface area contributed by atoms with E-state index in [-0.39, 0.29) is 10.9 Å². The molecule has 6 heteroatoms. The van der Waals surface area contributed by atoms with Crippen LogP contribution in [0.3, 0.4) is 0 Å². The van der Waals surface area contributed by atoms with Crippen LogP contribution >= 0.6 is 11.8 Å². The number of rotatable bonds is 2. The largest absolute Gasteiger partial charge is 0.480 e. The fourth-order valence-electron chi connectivity index (χ4n) is 1.78. The van der Waals surface area contributed by atoms with E-state index in [2.05, 4.69) is 21.6 Å². The molecular weight excluding hydrogens is 290 g/mol. The molecule has 0 N–H and O–H groups in total. The van der Waals surface area contributed by atoms with Crippen molar-refractivity contribution in [2.75, 3.05) is 33.2 Å². The number of hydrogen-bond donors (Lipinski definition) is 0. The number of aromatic nitrogens is 1. The van der Waals surface area contributed by atoms with Crippen molar-refractivity contribution in [3.63, 3.8) is 0 Å². The minimum Gasteiger partial charge on any atom is -0.480 e. The Balaban J connectivity index is 2.17. The molecule has 1 unspecified atom stereocenters. The molecule has 0 radical (unpaired) electrons. The molecule has 112 valence electrons. The van der Waals surface area contributed by atoms with Gasteiger partial charge in [-0.1, -0.05) is 11.8 Å². The van der Waals surface area contributed by atoms with Crippen molar-refractivity contribution in [2.45, 2.75) is 11.7 Å². The quantitative estimate of drug-likeness (QED) is 0.613. The number of pyridine rings is 1. The molecule has 1 fully saturated rings. The zero-order valence-corrected chi connectivity index (χ0v) is 12.9. The van der Waals surface area contributed by atoms with Gasteiger partial charge in [0, 0.05) is 6.61 Å². The second-order valence-corrected chi connectivity index (χ2v) is 5.61. The molecule has 1 aliphatic heterocycles. The van der Waals surface area contributed by atoms with E-state index in [0.717, 1.165) is 18.8 Å². The lowest BCUT2D eigenvalue weighted by Gasteiger charge is -2.06. The van der Waals surface area contributed by atoms with Crippen LogP contribution in [0.15, 0.2) is 12.1 Å². The molecule has 5 nitrogen and oxygen atoms in total. The minimum atomic E-state index is -0.500. The van der Waals surface area contributed by atoms with Gasteiger partial charge in [0.1, 0.15) is 0 Å². The van der Waals surface area contributed by atoms with Crippen molar-refractivity contribution in [1.29, 1.82) is 0 Å². The van der Waals surface area contributed by atoms with Crippen LogP contribution in [0.25, 0.3) is 0 Å². The number of carbonyl (C=O) groups is 1. The van der Waals surface area contributed by atoms with E-state index in [1.165, 1.54) is 14.2 Å². The fourth-order valence-corrected chi connectivity index (χ4v) is 2.68. The minimum absolute atomic E-state index is 0.150. The van der Waals surface area contributed by atoms with Gasteiger partial charge in [0.25, 0.3) is 0 Å². The van der Waals surface area contributed by atoms with Crippen LogP contribution in [0.4, 0.5) is 0 Å². The number of hydrogen-bond acceptors (Lipinski definition) is 6. The first-order valence-corrected chi connectivity index (χ1v) is 7.63. The van der Waals surface area contributed by atoms with Gasteiger partial charge in [-0.05, 0) is 24.3 Å². The van der Waals surface area contributed by atoms with Gasteiger partial charge in [0.15, 0.2) is 5.69 Å². The Hall–Kier alpha value is -1.71. The third kappa shape index (κ3) is 4.38. The third-order valence-corrected chi connectivity index (χ3v) is 4.02. The van der Waals surface area contributed by atoms with Gasteiger partial charge in [-0.25, -0.2) is 9.78 Å². The molecule has 0 spiro atoms. The summed E-state index contributed by atoms with van der Waals surface area (Å²) >= 11 is 1.79. The SMILES string of the molecule is COC(=O)c1ccc(C#CC2COCCCS2)c(OC)n1. The second kappa shape index (κ2) is 7.91. The van der Waals surface area contributed by atoms with E-state index >= 15 is 0 Å². The Labute approximate surface area is 128 Å². The topological polar surface area (TPSA) is 57.7 Å². The number of carbonyl (C=O) groups excluding carboxylic acids is 1. The summed E-state index contributed by atoms with van der Waals surface area (Å²) in [5.74, 6) is 7.10. The fraction of sp³-hybridized carbons (Fsp3) is 0.467. The highest BCUT2D eigenvalue weighted by atomic mass is 32.2.